The zero-order valence-electron chi connectivity index (χ0n) is 9.04. The van der Waals surface area contributed by atoms with E-state index in [1.165, 1.54) is 12.1 Å². The molecule has 1 amide bonds. The number of carbonyl (C=O) groups is 1. The number of nitrogens with zero attached hydrogens (tertiary/aromatic N) is 1. The molecule has 0 saturated heterocycles. The van der Waals surface area contributed by atoms with Crippen molar-refractivity contribution in [2.24, 2.45) is 0 Å². The third-order valence-corrected chi connectivity index (χ3v) is 2.48. The van der Waals surface area contributed by atoms with Crippen molar-refractivity contribution >= 4 is 21.8 Å². The van der Waals surface area contributed by atoms with Gasteiger partial charge in [0.15, 0.2) is 0 Å². The molecular formula is C11H14BrFN2O. The van der Waals surface area contributed by atoms with Gasteiger partial charge in [-0.3, -0.25) is 4.79 Å². The minimum atomic E-state index is -0.440. The van der Waals surface area contributed by atoms with E-state index in [4.69, 9.17) is 0 Å². The molecule has 0 aliphatic heterocycles. The molecule has 0 bridgehead atoms. The Balaban J connectivity index is 2.32. The largest absolute Gasteiger partial charge is 0.351 e. The van der Waals surface area contributed by atoms with Crippen LogP contribution in [-0.4, -0.2) is 22.3 Å². The number of alkyl halides is 1. The Morgan fingerprint density at radius 1 is 1.62 bits per heavy atom. The van der Waals surface area contributed by atoms with Crippen molar-refractivity contribution < 1.29 is 9.18 Å². The van der Waals surface area contributed by atoms with Crippen LogP contribution in [0.1, 0.15) is 30.3 Å². The van der Waals surface area contributed by atoms with Crippen LogP contribution in [0, 0.1) is 5.82 Å². The number of rotatable bonds is 5. The summed E-state index contributed by atoms with van der Waals surface area (Å²) in [5.74, 6) is -0.702. The van der Waals surface area contributed by atoms with Gasteiger partial charge < -0.3 is 5.32 Å². The van der Waals surface area contributed by atoms with Crippen molar-refractivity contribution in [2.75, 3.05) is 6.54 Å². The Morgan fingerprint density at radius 3 is 2.94 bits per heavy atom. The molecule has 1 N–H and O–H groups in total. The van der Waals surface area contributed by atoms with Crippen LogP contribution in [0.5, 0.6) is 0 Å². The molecule has 0 radical (unpaired) electrons. The van der Waals surface area contributed by atoms with Crippen LogP contribution < -0.4 is 5.32 Å². The molecule has 1 unspecified atom stereocenters. The summed E-state index contributed by atoms with van der Waals surface area (Å²) in [5.41, 5.74) is 0.244. The van der Waals surface area contributed by atoms with Crippen LogP contribution in [-0.2, 0) is 0 Å². The Bertz CT molecular complexity index is 340. The van der Waals surface area contributed by atoms with E-state index >= 15 is 0 Å². The molecule has 0 saturated carbocycles. The lowest BCUT2D eigenvalue weighted by Gasteiger charge is -2.05. The normalized spacial score (nSPS) is 12.2. The van der Waals surface area contributed by atoms with Gasteiger partial charge in [-0.2, -0.15) is 0 Å². The van der Waals surface area contributed by atoms with Gasteiger partial charge in [0.1, 0.15) is 11.5 Å². The van der Waals surface area contributed by atoms with Crippen LogP contribution in [0.3, 0.4) is 0 Å². The molecule has 0 spiro atoms. The molecule has 1 rings (SSSR count). The standard InChI is InChI=1S/C11H14BrFN2O/c1-8(12)3-2-6-14-11(16)10-5-4-9(13)7-15-10/h4-5,7-8H,2-3,6H2,1H3,(H,14,16). The van der Waals surface area contributed by atoms with E-state index in [0.29, 0.717) is 11.4 Å². The quantitative estimate of drug-likeness (QED) is 0.668. The van der Waals surface area contributed by atoms with E-state index in [2.05, 4.69) is 33.2 Å². The van der Waals surface area contributed by atoms with Gasteiger partial charge in [-0.05, 0) is 25.0 Å². The molecule has 0 fully saturated rings. The second kappa shape index (κ2) is 6.58. The van der Waals surface area contributed by atoms with E-state index in [1.807, 2.05) is 0 Å². The molecule has 1 aromatic rings. The predicted molar refractivity (Wildman–Crippen MR) is 64.2 cm³/mol. The highest BCUT2D eigenvalue weighted by Crippen LogP contribution is 2.05. The molecule has 0 aliphatic carbocycles. The van der Waals surface area contributed by atoms with Crippen LogP contribution >= 0.6 is 15.9 Å². The van der Waals surface area contributed by atoms with Gasteiger partial charge in [0.2, 0.25) is 0 Å². The van der Waals surface area contributed by atoms with Crippen molar-refractivity contribution in [3.63, 3.8) is 0 Å². The highest BCUT2D eigenvalue weighted by atomic mass is 79.9. The topological polar surface area (TPSA) is 42.0 Å². The number of halogens is 2. The van der Waals surface area contributed by atoms with Crippen LogP contribution in [0.25, 0.3) is 0 Å². The van der Waals surface area contributed by atoms with Crippen LogP contribution in [0.15, 0.2) is 18.3 Å². The lowest BCUT2D eigenvalue weighted by Crippen LogP contribution is -2.25. The highest BCUT2D eigenvalue weighted by molar-refractivity contribution is 9.09. The maximum Gasteiger partial charge on any atom is 0.269 e. The number of hydrogen-bond acceptors (Lipinski definition) is 2. The average Bonchev–Trinajstić information content (AvgIpc) is 2.25. The van der Waals surface area contributed by atoms with Gasteiger partial charge in [0, 0.05) is 11.4 Å². The summed E-state index contributed by atoms with van der Waals surface area (Å²) < 4.78 is 12.5. The molecule has 16 heavy (non-hydrogen) atoms. The maximum absolute atomic E-state index is 12.5. The Kier molecular flexibility index (Phi) is 5.38. The highest BCUT2D eigenvalue weighted by Gasteiger charge is 2.06. The smallest absolute Gasteiger partial charge is 0.269 e. The first-order chi connectivity index (χ1) is 7.59. The third-order valence-electron chi connectivity index (χ3n) is 2.02. The van der Waals surface area contributed by atoms with Crippen molar-refractivity contribution in [3.8, 4) is 0 Å². The van der Waals surface area contributed by atoms with Crippen molar-refractivity contribution in [1.29, 1.82) is 0 Å². The first-order valence-corrected chi connectivity index (χ1v) is 6.05. The molecule has 88 valence electrons. The molecule has 1 aromatic heterocycles. The number of aromatic nitrogens is 1. The Morgan fingerprint density at radius 2 is 2.38 bits per heavy atom. The number of carbonyl (C=O) groups excluding carboxylic acids is 1. The van der Waals surface area contributed by atoms with Crippen LogP contribution in [0.4, 0.5) is 4.39 Å². The molecule has 1 heterocycles. The van der Waals surface area contributed by atoms with Gasteiger partial charge in [0.05, 0.1) is 6.20 Å². The lowest BCUT2D eigenvalue weighted by molar-refractivity contribution is 0.0948. The van der Waals surface area contributed by atoms with Gasteiger partial charge in [-0.25, -0.2) is 9.37 Å². The van der Waals surface area contributed by atoms with Gasteiger partial charge in [-0.15, -0.1) is 0 Å². The summed E-state index contributed by atoms with van der Waals surface area (Å²) in [4.78, 5) is 15.6. The van der Waals surface area contributed by atoms with Crippen LogP contribution in [0.2, 0.25) is 0 Å². The number of amides is 1. The molecule has 3 nitrogen and oxygen atoms in total. The molecule has 5 heteroatoms. The minimum Gasteiger partial charge on any atom is -0.351 e. The summed E-state index contributed by atoms with van der Waals surface area (Å²) in [5, 5.41) is 2.73. The van der Waals surface area contributed by atoms with Gasteiger partial charge >= 0.3 is 0 Å². The molecule has 0 aliphatic rings. The summed E-state index contributed by atoms with van der Waals surface area (Å²) in [6.07, 6.45) is 2.94. The van der Waals surface area contributed by atoms with Gasteiger partial charge in [-0.1, -0.05) is 22.9 Å². The maximum atomic E-state index is 12.5. The molecular weight excluding hydrogens is 275 g/mol. The second-order valence-corrected chi connectivity index (χ2v) is 5.10. The minimum absolute atomic E-state index is 0.244. The number of nitrogens with one attached hydrogen (secondary N) is 1. The average molecular weight is 289 g/mol. The Hall–Kier alpha value is -0.970. The van der Waals surface area contributed by atoms with E-state index < -0.39 is 5.82 Å². The monoisotopic (exact) mass is 288 g/mol. The van der Waals surface area contributed by atoms with Gasteiger partial charge in [0.25, 0.3) is 5.91 Å². The first-order valence-electron chi connectivity index (χ1n) is 5.13. The summed E-state index contributed by atoms with van der Waals surface area (Å²) in [6, 6.07) is 2.60. The van der Waals surface area contributed by atoms with E-state index in [-0.39, 0.29) is 11.6 Å². The zero-order valence-corrected chi connectivity index (χ0v) is 10.6. The lowest BCUT2D eigenvalue weighted by atomic mass is 10.2. The third kappa shape index (κ3) is 4.70. The number of hydrogen-bond donors (Lipinski definition) is 1. The summed E-state index contributed by atoms with van der Waals surface area (Å²) in [6.45, 7) is 2.66. The van der Waals surface area contributed by atoms with Crippen molar-refractivity contribution in [1.82, 2.24) is 10.3 Å². The fourth-order valence-electron chi connectivity index (χ4n) is 1.19. The summed E-state index contributed by atoms with van der Waals surface area (Å²) >= 11 is 3.43. The fourth-order valence-corrected chi connectivity index (χ4v) is 1.51. The molecule has 0 aromatic carbocycles. The number of pyridine rings is 1. The van der Waals surface area contributed by atoms with E-state index in [1.54, 1.807) is 0 Å². The predicted octanol–water partition coefficient (Wildman–Crippen LogP) is 2.51. The van der Waals surface area contributed by atoms with Crippen molar-refractivity contribution in [2.45, 2.75) is 24.6 Å². The van der Waals surface area contributed by atoms with E-state index in [9.17, 15) is 9.18 Å². The van der Waals surface area contributed by atoms with E-state index in [0.717, 1.165) is 19.0 Å². The second-order valence-electron chi connectivity index (χ2n) is 3.54. The molecule has 1 atom stereocenters. The zero-order chi connectivity index (χ0) is 12.0. The first kappa shape index (κ1) is 13.1. The SMILES string of the molecule is CC(Br)CCCNC(=O)c1ccc(F)cn1. The fraction of sp³-hybridized carbons (Fsp3) is 0.455. The Labute approximate surface area is 103 Å². The summed E-state index contributed by atoms with van der Waals surface area (Å²) in [7, 11) is 0. The van der Waals surface area contributed by atoms with Crippen molar-refractivity contribution in [3.05, 3.63) is 29.8 Å².